The number of ether oxygens (including phenoxy) is 1. The van der Waals surface area contributed by atoms with Crippen LogP contribution in [0.2, 0.25) is 0 Å². The molecule has 2 saturated heterocycles. The fourth-order valence-corrected chi connectivity index (χ4v) is 3.39. The Morgan fingerprint density at radius 2 is 2.21 bits per heavy atom. The second-order valence-corrected chi connectivity index (χ2v) is 6.80. The fraction of sp³-hybridized carbons (Fsp3) is 0.667. The lowest BCUT2D eigenvalue weighted by Gasteiger charge is -2.27. The van der Waals surface area contributed by atoms with E-state index in [4.69, 9.17) is 4.74 Å². The van der Waals surface area contributed by atoms with Gasteiger partial charge in [-0.15, -0.1) is 0 Å². The van der Waals surface area contributed by atoms with Gasteiger partial charge >= 0.3 is 0 Å². The molecule has 2 aliphatic heterocycles. The van der Waals surface area contributed by atoms with Gasteiger partial charge in [0.2, 0.25) is 5.91 Å². The van der Waals surface area contributed by atoms with Crippen molar-refractivity contribution in [2.75, 3.05) is 57.8 Å². The number of hydrogen-bond acceptors (Lipinski definition) is 5. The van der Waals surface area contributed by atoms with Gasteiger partial charge in [0.15, 0.2) is 0 Å². The van der Waals surface area contributed by atoms with E-state index in [2.05, 4.69) is 28.2 Å². The third-order valence-electron chi connectivity index (χ3n) is 4.86. The minimum atomic E-state index is 0.267. The first-order chi connectivity index (χ1) is 11.7. The Morgan fingerprint density at radius 1 is 1.38 bits per heavy atom. The van der Waals surface area contributed by atoms with Gasteiger partial charge in [-0.25, -0.2) is 4.98 Å². The van der Waals surface area contributed by atoms with E-state index in [1.807, 2.05) is 17.2 Å². The molecule has 3 heterocycles. The number of pyridine rings is 1. The maximum atomic E-state index is 12.2. The van der Waals surface area contributed by atoms with Crippen LogP contribution in [-0.2, 0) is 9.53 Å². The number of likely N-dealkylation sites (tertiary alicyclic amines) is 1. The largest absolute Gasteiger partial charge is 0.378 e. The monoisotopic (exact) mass is 332 g/mol. The minimum absolute atomic E-state index is 0.267. The topological polar surface area (TPSA) is 57.7 Å². The van der Waals surface area contributed by atoms with Gasteiger partial charge in [-0.3, -0.25) is 4.79 Å². The molecule has 6 heteroatoms. The molecule has 2 aliphatic rings. The van der Waals surface area contributed by atoms with Crippen molar-refractivity contribution < 1.29 is 9.53 Å². The average molecular weight is 332 g/mol. The van der Waals surface area contributed by atoms with Gasteiger partial charge in [-0.05, 0) is 43.5 Å². The first kappa shape index (κ1) is 17.2. The molecular weight excluding hydrogens is 304 g/mol. The summed E-state index contributed by atoms with van der Waals surface area (Å²) in [5, 5.41) is 3.44. The Balaban J connectivity index is 1.35. The lowest BCUT2D eigenvalue weighted by Crippen LogP contribution is -2.41. The summed E-state index contributed by atoms with van der Waals surface area (Å²) in [7, 11) is 0. The van der Waals surface area contributed by atoms with E-state index in [-0.39, 0.29) is 5.91 Å². The van der Waals surface area contributed by atoms with Crippen molar-refractivity contribution in [3.05, 3.63) is 23.9 Å². The number of morpholine rings is 1. The molecule has 1 amide bonds. The second kappa shape index (κ2) is 8.44. The Hall–Kier alpha value is -1.66. The molecule has 0 bridgehead atoms. The SMILES string of the molecule is Cc1ccnc(NCC2CCN(CCC(=O)N3CCOCC3)C2)c1. The zero-order valence-corrected chi connectivity index (χ0v) is 14.5. The number of hydrogen-bond donors (Lipinski definition) is 1. The smallest absolute Gasteiger partial charge is 0.224 e. The normalized spacial score (nSPS) is 21.9. The highest BCUT2D eigenvalue weighted by Crippen LogP contribution is 2.17. The average Bonchev–Trinajstić information content (AvgIpc) is 3.07. The van der Waals surface area contributed by atoms with Crippen LogP contribution in [0.25, 0.3) is 0 Å². The Kier molecular flexibility index (Phi) is 6.04. The Bertz CT molecular complexity index is 546. The molecule has 0 radical (unpaired) electrons. The van der Waals surface area contributed by atoms with Crippen molar-refractivity contribution in [3.8, 4) is 0 Å². The van der Waals surface area contributed by atoms with Crippen LogP contribution >= 0.6 is 0 Å². The maximum absolute atomic E-state index is 12.2. The van der Waals surface area contributed by atoms with Gasteiger partial charge in [-0.1, -0.05) is 0 Å². The van der Waals surface area contributed by atoms with Gasteiger partial charge in [0.1, 0.15) is 5.82 Å². The van der Waals surface area contributed by atoms with E-state index in [0.717, 1.165) is 45.1 Å². The Morgan fingerprint density at radius 3 is 3.00 bits per heavy atom. The number of nitrogens with one attached hydrogen (secondary N) is 1. The number of carbonyl (C=O) groups excluding carboxylic acids is 1. The summed E-state index contributed by atoms with van der Waals surface area (Å²) in [6.45, 7) is 8.89. The predicted molar refractivity (Wildman–Crippen MR) is 94.0 cm³/mol. The van der Waals surface area contributed by atoms with Gasteiger partial charge in [0.05, 0.1) is 13.2 Å². The summed E-state index contributed by atoms with van der Waals surface area (Å²) in [5.74, 6) is 1.85. The molecule has 0 spiro atoms. The van der Waals surface area contributed by atoms with Crippen LogP contribution in [0.1, 0.15) is 18.4 Å². The van der Waals surface area contributed by atoms with Crippen LogP contribution in [0.5, 0.6) is 0 Å². The second-order valence-electron chi connectivity index (χ2n) is 6.80. The summed E-state index contributed by atoms with van der Waals surface area (Å²) >= 11 is 0. The summed E-state index contributed by atoms with van der Waals surface area (Å²) in [6, 6.07) is 4.08. The number of nitrogens with zero attached hydrogens (tertiary/aromatic N) is 3. The van der Waals surface area contributed by atoms with E-state index in [9.17, 15) is 4.79 Å². The molecule has 6 nitrogen and oxygen atoms in total. The van der Waals surface area contributed by atoms with Crippen molar-refractivity contribution >= 4 is 11.7 Å². The standard InChI is InChI=1S/C18H28N4O2/c1-15-2-5-19-17(12-15)20-13-16-3-6-21(14-16)7-4-18(23)22-8-10-24-11-9-22/h2,5,12,16H,3-4,6-11,13-14H2,1H3,(H,19,20). The van der Waals surface area contributed by atoms with Gasteiger partial charge in [0.25, 0.3) is 0 Å². The van der Waals surface area contributed by atoms with E-state index in [0.29, 0.717) is 25.6 Å². The van der Waals surface area contributed by atoms with E-state index in [1.54, 1.807) is 0 Å². The molecule has 1 unspecified atom stereocenters. The summed E-state index contributed by atoms with van der Waals surface area (Å²) in [4.78, 5) is 20.9. The molecular formula is C18H28N4O2. The third kappa shape index (κ3) is 4.92. The summed E-state index contributed by atoms with van der Waals surface area (Å²) in [5.41, 5.74) is 1.22. The molecule has 1 N–H and O–H groups in total. The van der Waals surface area contributed by atoms with Crippen LogP contribution in [0, 0.1) is 12.8 Å². The van der Waals surface area contributed by atoms with Crippen LogP contribution in [-0.4, -0.2) is 73.2 Å². The van der Waals surface area contributed by atoms with Crippen molar-refractivity contribution in [2.45, 2.75) is 19.8 Å². The number of aromatic nitrogens is 1. The summed E-state index contributed by atoms with van der Waals surface area (Å²) < 4.78 is 5.30. The highest BCUT2D eigenvalue weighted by molar-refractivity contribution is 5.76. The third-order valence-corrected chi connectivity index (χ3v) is 4.86. The lowest BCUT2D eigenvalue weighted by molar-refractivity contribution is -0.135. The molecule has 132 valence electrons. The molecule has 0 aliphatic carbocycles. The van der Waals surface area contributed by atoms with Crippen LogP contribution < -0.4 is 5.32 Å². The highest BCUT2D eigenvalue weighted by atomic mass is 16.5. The molecule has 0 saturated carbocycles. The Labute approximate surface area is 144 Å². The van der Waals surface area contributed by atoms with Crippen molar-refractivity contribution in [2.24, 2.45) is 5.92 Å². The number of amides is 1. The number of carbonyl (C=O) groups is 1. The van der Waals surface area contributed by atoms with Crippen LogP contribution in [0.4, 0.5) is 5.82 Å². The maximum Gasteiger partial charge on any atom is 0.224 e. The van der Waals surface area contributed by atoms with Crippen molar-refractivity contribution in [1.82, 2.24) is 14.8 Å². The number of aryl methyl sites for hydroxylation is 1. The van der Waals surface area contributed by atoms with E-state index < -0.39 is 0 Å². The molecule has 3 rings (SSSR count). The fourth-order valence-electron chi connectivity index (χ4n) is 3.39. The quantitative estimate of drug-likeness (QED) is 0.853. The molecule has 1 aromatic rings. The first-order valence-electron chi connectivity index (χ1n) is 8.95. The zero-order chi connectivity index (χ0) is 16.8. The number of anilines is 1. The van der Waals surface area contributed by atoms with Gasteiger partial charge in [0, 0.05) is 45.3 Å². The first-order valence-corrected chi connectivity index (χ1v) is 8.95. The van der Waals surface area contributed by atoms with Gasteiger partial charge in [-0.2, -0.15) is 0 Å². The highest BCUT2D eigenvalue weighted by Gasteiger charge is 2.24. The number of rotatable bonds is 6. The zero-order valence-electron chi connectivity index (χ0n) is 14.5. The molecule has 0 aromatic carbocycles. The van der Waals surface area contributed by atoms with E-state index in [1.165, 1.54) is 12.0 Å². The van der Waals surface area contributed by atoms with Gasteiger partial charge < -0.3 is 19.9 Å². The molecule has 1 aromatic heterocycles. The summed E-state index contributed by atoms with van der Waals surface area (Å²) in [6.07, 6.45) is 3.65. The van der Waals surface area contributed by atoms with Crippen LogP contribution in [0.3, 0.4) is 0 Å². The molecule has 2 fully saturated rings. The van der Waals surface area contributed by atoms with Crippen LogP contribution in [0.15, 0.2) is 18.3 Å². The lowest BCUT2D eigenvalue weighted by atomic mass is 10.1. The predicted octanol–water partition coefficient (Wildman–Crippen LogP) is 1.37. The van der Waals surface area contributed by atoms with E-state index >= 15 is 0 Å². The molecule has 1 atom stereocenters. The van der Waals surface area contributed by atoms with Crippen molar-refractivity contribution in [3.63, 3.8) is 0 Å². The minimum Gasteiger partial charge on any atom is -0.378 e. The van der Waals surface area contributed by atoms with Crippen molar-refractivity contribution in [1.29, 1.82) is 0 Å². The molecule has 24 heavy (non-hydrogen) atoms.